The molecular weight excluding hydrogens is 244 g/mol. The number of fused-ring (bicyclic) bond motifs is 1. The van der Waals surface area contributed by atoms with Gasteiger partial charge in [0.2, 0.25) is 0 Å². The van der Waals surface area contributed by atoms with Crippen LogP contribution in [0.15, 0.2) is 18.2 Å². The zero-order valence-corrected chi connectivity index (χ0v) is 13.2. The molecule has 0 atom stereocenters. The molecule has 0 fully saturated rings. The topological polar surface area (TPSA) is 24.9 Å². The van der Waals surface area contributed by atoms with Crippen LogP contribution >= 0.6 is 0 Å². The Kier molecular flexibility index (Phi) is 4.99. The first-order valence-corrected chi connectivity index (χ1v) is 7.87. The Morgan fingerprint density at radius 3 is 2.55 bits per heavy atom. The Morgan fingerprint density at radius 2 is 1.90 bits per heavy atom. The van der Waals surface area contributed by atoms with E-state index < -0.39 is 0 Å². The fraction of sp³-hybridized carbons (Fsp3) is 0.500. The molecule has 1 aromatic carbocycles. The maximum atomic E-state index is 4.78. The van der Waals surface area contributed by atoms with Crippen molar-refractivity contribution in [2.75, 3.05) is 11.9 Å². The van der Waals surface area contributed by atoms with E-state index in [1.165, 1.54) is 28.6 Å². The normalized spacial score (nSPS) is 11.0. The molecule has 0 amide bonds. The van der Waals surface area contributed by atoms with Crippen molar-refractivity contribution in [1.29, 1.82) is 0 Å². The van der Waals surface area contributed by atoms with Gasteiger partial charge in [0.05, 0.1) is 5.52 Å². The summed E-state index contributed by atoms with van der Waals surface area (Å²) in [7, 11) is 0. The highest BCUT2D eigenvalue weighted by atomic mass is 14.9. The van der Waals surface area contributed by atoms with Crippen LogP contribution in [0.1, 0.15) is 50.4 Å². The van der Waals surface area contributed by atoms with Gasteiger partial charge in [0.15, 0.2) is 0 Å². The Balaban J connectivity index is 2.61. The Bertz CT molecular complexity index is 587. The van der Waals surface area contributed by atoms with Gasteiger partial charge in [0.25, 0.3) is 0 Å². The summed E-state index contributed by atoms with van der Waals surface area (Å²) in [6.07, 6.45) is 4.49. The molecule has 1 heterocycles. The number of nitrogens with zero attached hydrogens (tertiary/aromatic N) is 1. The molecule has 1 N–H and O–H groups in total. The summed E-state index contributed by atoms with van der Waals surface area (Å²) < 4.78 is 0. The van der Waals surface area contributed by atoms with E-state index in [1.807, 2.05) is 0 Å². The first kappa shape index (κ1) is 14.8. The number of anilines is 1. The van der Waals surface area contributed by atoms with E-state index in [1.54, 1.807) is 0 Å². The zero-order chi connectivity index (χ0) is 14.5. The second kappa shape index (κ2) is 6.74. The average Bonchev–Trinajstić information content (AvgIpc) is 2.45. The summed E-state index contributed by atoms with van der Waals surface area (Å²) in [6.45, 7) is 9.78. The number of rotatable bonds is 6. The highest BCUT2D eigenvalue weighted by molar-refractivity contribution is 5.94. The van der Waals surface area contributed by atoms with E-state index in [-0.39, 0.29) is 0 Å². The smallest absolute Gasteiger partial charge is 0.0726 e. The summed E-state index contributed by atoms with van der Waals surface area (Å²) in [4.78, 5) is 4.78. The predicted molar refractivity (Wildman–Crippen MR) is 88.6 cm³/mol. The molecule has 0 aliphatic heterocycles. The number of hydrogen-bond acceptors (Lipinski definition) is 2. The van der Waals surface area contributed by atoms with Crippen LogP contribution < -0.4 is 5.32 Å². The van der Waals surface area contributed by atoms with Crippen LogP contribution in [0.3, 0.4) is 0 Å². The maximum absolute atomic E-state index is 4.78. The molecule has 108 valence electrons. The first-order valence-electron chi connectivity index (χ1n) is 7.87. The summed E-state index contributed by atoms with van der Waals surface area (Å²) in [5.41, 5.74) is 6.33. The molecule has 0 radical (unpaired) electrons. The third-order valence-electron chi connectivity index (χ3n) is 3.80. The number of benzene rings is 1. The lowest BCUT2D eigenvalue weighted by Gasteiger charge is -2.16. The largest absolute Gasteiger partial charge is 0.384 e. The maximum Gasteiger partial charge on any atom is 0.0726 e. The summed E-state index contributed by atoms with van der Waals surface area (Å²) in [6, 6.07) is 6.71. The van der Waals surface area contributed by atoms with Gasteiger partial charge in [-0.3, -0.25) is 4.98 Å². The highest BCUT2D eigenvalue weighted by Gasteiger charge is 2.11. The van der Waals surface area contributed by atoms with Crippen LogP contribution in [-0.4, -0.2) is 11.5 Å². The second-order valence-electron chi connectivity index (χ2n) is 5.43. The van der Waals surface area contributed by atoms with Crippen molar-refractivity contribution in [1.82, 2.24) is 4.98 Å². The molecule has 2 nitrogen and oxygen atoms in total. The van der Waals surface area contributed by atoms with Crippen molar-refractivity contribution in [2.45, 2.75) is 53.4 Å². The average molecular weight is 270 g/mol. The molecule has 2 rings (SSSR count). The first-order chi connectivity index (χ1) is 9.71. The lowest BCUT2D eigenvalue weighted by molar-refractivity contribution is 0.923. The van der Waals surface area contributed by atoms with Crippen molar-refractivity contribution in [3.8, 4) is 0 Å². The monoisotopic (exact) mass is 270 g/mol. The summed E-state index contributed by atoms with van der Waals surface area (Å²) >= 11 is 0. The van der Waals surface area contributed by atoms with Crippen molar-refractivity contribution in [3.63, 3.8) is 0 Å². The van der Waals surface area contributed by atoms with Gasteiger partial charge < -0.3 is 5.32 Å². The van der Waals surface area contributed by atoms with E-state index >= 15 is 0 Å². The van der Waals surface area contributed by atoms with E-state index in [9.17, 15) is 0 Å². The zero-order valence-electron chi connectivity index (χ0n) is 13.2. The van der Waals surface area contributed by atoms with Gasteiger partial charge in [0.1, 0.15) is 0 Å². The molecule has 0 unspecified atom stereocenters. The number of hydrogen-bond donors (Lipinski definition) is 1. The van der Waals surface area contributed by atoms with Crippen LogP contribution in [-0.2, 0) is 12.8 Å². The van der Waals surface area contributed by atoms with Crippen LogP contribution in [0.25, 0.3) is 10.9 Å². The molecule has 0 spiro atoms. The number of nitrogens with one attached hydrogen (secondary N) is 1. The van der Waals surface area contributed by atoms with E-state index in [0.717, 1.165) is 37.0 Å². The molecule has 0 saturated carbocycles. The predicted octanol–water partition coefficient (Wildman–Crippen LogP) is 4.88. The third kappa shape index (κ3) is 2.95. The Morgan fingerprint density at radius 1 is 1.10 bits per heavy atom. The number of aromatic nitrogens is 1. The van der Waals surface area contributed by atoms with E-state index in [4.69, 9.17) is 4.98 Å². The third-order valence-corrected chi connectivity index (χ3v) is 3.80. The van der Waals surface area contributed by atoms with E-state index in [0.29, 0.717) is 0 Å². The number of pyridine rings is 1. The Labute approximate surface area is 122 Å². The lowest BCUT2D eigenvalue weighted by Crippen LogP contribution is -2.06. The minimum Gasteiger partial charge on any atom is -0.384 e. The molecule has 20 heavy (non-hydrogen) atoms. The van der Waals surface area contributed by atoms with Crippen molar-refractivity contribution in [3.05, 3.63) is 35.0 Å². The molecule has 2 heteroatoms. The second-order valence-corrected chi connectivity index (χ2v) is 5.43. The van der Waals surface area contributed by atoms with Crippen molar-refractivity contribution in [2.24, 2.45) is 0 Å². The van der Waals surface area contributed by atoms with Gasteiger partial charge in [0, 0.05) is 23.3 Å². The molecule has 1 aromatic heterocycles. The van der Waals surface area contributed by atoms with Gasteiger partial charge >= 0.3 is 0 Å². The SMILES string of the molecule is CCCNc1c(CC)c(C)nc2ccc(CCC)cc12. The molecule has 0 bridgehead atoms. The molecule has 0 saturated heterocycles. The van der Waals surface area contributed by atoms with Crippen LogP contribution in [0.4, 0.5) is 5.69 Å². The quantitative estimate of drug-likeness (QED) is 0.809. The minimum absolute atomic E-state index is 1.02. The molecule has 0 aliphatic rings. The van der Waals surface area contributed by atoms with Crippen molar-refractivity contribution < 1.29 is 0 Å². The number of aryl methyl sites for hydroxylation is 2. The summed E-state index contributed by atoms with van der Waals surface area (Å²) in [5.74, 6) is 0. The van der Waals surface area contributed by atoms with Gasteiger partial charge in [-0.15, -0.1) is 0 Å². The van der Waals surface area contributed by atoms with Gasteiger partial charge in [-0.2, -0.15) is 0 Å². The fourth-order valence-corrected chi connectivity index (χ4v) is 2.80. The van der Waals surface area contributed by atoms with Crippen molar-refractivity contribution >= 4 is 16.6 Å². The minimum atomic E-state index is 1.02. The van der Waals surface area contributed by atoms with Gasteiger partial charge in [-0.05, 0) is 49.4 Å². The highest BCUT2D eigenvalue weighted by Crippen LogP contribution is 2.30. The molecule has 0 aliphatic carbocycles. The van der Waals surface area contributed by atoms with Gasteiger partial charge in [-0.1, -0.05) is 33.3 Å². The van der Waals surface area contributed by atoms with E-state index in [2.05, 4.69) is 51.2 Å². The van der Waals surface area contributed by atoms with Crippen LogP contribution in [0.2, 0.25) is 0 Å². The van der Waals surface area contributed by atoms with Crippen LogP contribution in [0, 0.1) is 6.92 Å². The summed E-state index contributed by atoms with van der Waals surface area (Å²) in [5, 5.41) is 4.91. The molecular formula is C18H26N2. The Hall–Kier alpha value is -1.57. The lowest BCUT2D eigenvalue weighted by atomic mass is 10.0. The standard InChI is InChI=1S/C18H26N2/c1-5-8-14-9-10-17-16(12-14)18(19-11-6-2)15(7-3)13(4)20-17/h9-10,12H,5-8,11H2,1-4H3,(H,19,20). The molecule has 2 aromatic rings. The van der Waals surface area contributed by atoms with Crippen LogP contribution in [0.5, 0.6) is 0 Å². The fourth-order valence-electron chi connectivity index (χ4n) is 2.80. The van der Waals surface area contributed by atoms with Gasteiger partial charge in [-0.25, -0.2) is 0 Å².